The van der Waals surface area contributed by atoms with Gasteiger partial charge in [-0.15, -0.1) is 0 Å². The van der Waals surface area contributed by atoms with Gasteiger partial charge in [-0.1, -0.05) is 6.07 Å². The third-order valence-electron chi connectivity index (χ3n) is 6.14. The van der Waals surface area contributed by atoms with Gasteiger partial charge in [-0.25, -0.2) is 9.07 Å². The third-order valence-corrected chi connectivity index (χ3v) is 6.14. The number of rotatable bonds is 7. The van der Waals surface area contributed by atoms with Crippen molar-refractivity contribution in [2.45, 2.75) is 31.8 Å². The fourth-order valence-electron chi connectivity index (χ4n) is 4.73. The van der Waals surface area contributed by atoms with Crippen LogP contribution in [0.15, 0.2) is 36.7 Å². The molecule has 29 heavy (non-hydrogen) atoms. The molecular formula is C22H31FN4O2. The minimum atomic E-state index is -0.253. The first-order valence-electron chi connectivity index (χ1n) is 10.7. The van der Waals surface area contributed by atoms with E-state index in [0.717, 1.165) is 76.5 Å². The Hall–Kier alpha value is -1.80. The van der Waals surface area contributed by atoms with Crippen molar-refractivity contribution in [1.82, 2.24) is 19.6 Å². The summed E-state index contributed by atoms with van der Waals surface area (Å²) in [7, 11) is 0. The predicted octanol–water partition coefficient (Wildman–Crippen LogP) is 2.31. The van der Waals surface area contributed by atoms with Crippen LogP contribution in [0.3, 0.4) is 0 Å². The van der Waals surface area contributed by atoms with Crippen LogP contribution in [0.1, 0.15) is 24.8 Å². The molecule has 3 heterocycles. The Morgan fingerprint density at radius 3 is 2.86 bits per heavy atom. The number of nitrogens with zero attached hydrogens (tertiary/aromatic N) is 4. The first-order valence-corrected chi connectivity index (χ1v) is 10.7. The SMILES string of the molecule is OCCC[C@@H]1CN(Cc2cnn(-c3cccc(F)c3)c2)CC[C@@H]1N1CCOCC1. The van der Waals surface area contributed by atoms with Gasteiger partial charge < -0.3 is 9.84 Å². The lowest BCUT2D eigenvalue weighted by molar-refractivity contribution is -0.0231. The maximum Gasteiger partial charge on any atom is 0.125 e. The Morgan fingerprint density at radius 1 is 1.21 bits per heavy atom. The molecule has 4 rings (SSSR count). The summed E-state index contributed by atoms with van der Waals surface area (Å²) in [5, 5.41) is 13.8. The van der Waals surface area contributed by atoms with Crippen LogP contribution in [0, 0.1) is 11.7 Å². The maximum atomic E-state index is 13.5. The second-order valence-electron chi connectivity index (χ2n) is 8.14. The third kappa shape index (κ3) is 5.22. The summed E-state index contributed by atoms with van der Waals surface area (Å²) in [6.07, 6.45) is 6.93. The predicted molar refractivity (Wildman–Crippen MR) is 109 cm³/mol. The quantitative estimate of drug-likeness (QED) is 0.770. The summed E-state index contributed by atoms with van der Waals surface area (Å²) < 4.78 is 20.8. The summed E-state index contributed by atoms with van der Waals surface area (Å²) in [6, 6.07) is 7.08. The normalized spacial score (nSPS) is 24.1. The van der Waals surface area contributed by atoms with Crippen LogP contribution < -0.4 is 0 Å². The molecule has 2 aromatic rings. The molecule has 1 aromatic carbocycles. The lowest BCUT2D eigenvalue weighted by Gasteiger charge is -2.45. The molecule has 0 unspecified atom stereocenters. The number of morpholine rings is 1. The monoisotopic (exact) mass is 402 g/mol. The fourth-order valence-corrected chi connectivity index (χ4v) is 4.73. The Bertz CT molecular complexity index is 778. The zero-order valence-electron chi connectivity index (χ0n) is 16.9. The number of aliphatic hydroxyl groups excluding tert-OH is 1. The number of ether oxygens (including phenoxy) is 1. The highest BCUT2D eigenvalue weighted by atomic mass is 19.1. The molecule has 0 radical (unpaired) electrons. The second-order valence-corrected chi connectivity index (χ2v) is 8.14. The van der Waals surface area contributed by atoms with Crippen LogP contribution in [0.4, 0.5) is 4.39 Å². The van der Waals surface area contributed by atoms with Gasteiger partial charge in [-0.3, -0.25) is 9.80 Å². The maximum absolute atomic E-state index is 13.5. The molecule has 0 bridgehead atoms. The van der Waals surface area contributed by atoms with Crippen LogP contribution in [-0.4, -0.2) is 76.7 Å². The van der Waals surface area contributed by atoms with Gasteiger partial charge in [0.1, 0.15) is 5.82 Å². The summed E-state index contributed by atoms with van der Waals surface area (Å²) in [5.74, 6) is 0.309. The molecule has 1 N–H and O–H groups in total. The molecule has 2 saturated heterocycles. The van der Waals surface area contributed by atoms with Gasteiger partial charge in [0.2, 0.25) is 0 Å². The standard InChI is InChI=1S/C22H31FN4O2/c23-20-4-1-5-21(13-20)27-16-18(14-24-27)15-25-7-6-22(19(17-25)3-2-10-28)26-8-11-29-12-9-26/h1,4-5,13-14,16,19,22,28H,2-3,6-12,15,17H2/t19-,22+/m1/s1. The smallest absolute Gasteiger partial charge is 0.125 e. The summed E-state index contributed by atoms with van der Waals surface area (Å²) in [4.78, 5) is 5.08. The molecule has 0 spiro atoms. The molecule has 2 aliphatic rings. The van der Waals surface area contributed by atoms with Crippen LogP contribution in [-0.2, 0) is 11.3 Å². The molecule has 0 saturated carbocycles. The number of halogens is 1. The molecule has 158 valence electrons. The number of aromatic nitrogens is 2. The van der Waals surface area contributed by atoms with Crippen molar-refractivity contribution in [3.8, 4) is 5.69 Å². The first kappa shape index (κ1) is 20.5. The van der Waals surface area contributed by atoms with E-state index in [1.165, 1.54) is 12.1 Å². The second kappa shape index (κ2) is 9.80. The lowest BCUT2D eigenvalue weighted by Crippen LogP contribution is -2.53. The number of benzene rings is 1. The number of likely N-dealkylation sites (tertiary alicyclic amines) is 1. The van der Waals surface area contributed by atoms with E-state index in [1.54, 1.807) is 10.7 Å². The van der Waals surface area contributed by atoms with Gasteiger partial charge >= 0.3 is 0 Å². The number of piperidine rings is 1. The van der Waals surface area contributed by atoms with Gasteiger partial charge in [-0.05, 0) is 49.9 Å². The van der Waals surface area contributed by atoms with Crippen molar-refractivity contribution >= 4 is 0 Å². The van der Waals surface area contributed by atoms with E-state index in [1.807, 2.05) is 18.5 Å². The van der Waals surface area contributed by atoms with Crippen LogP contribution in [0.2, 0.25) is 0 Å². The van der Waals surface area contributed by atoms with E-state index in [4.69, 9.17) is 4.74 Å². The Balaban J connectivity index is 1.39. The average Bonchev–Trinajstić information content (AvgIpc) is 3.21. The number of hydrogen-bond acceptors (Lipinski definition) is 5. The largest absolute Gasteiger partial charge is 0.396 e. The van der Waals surface area contributed by atoms with Crippen LogP contribution in [0.25, 0.3) is 5.69 Å². The molecular weight excluding hydrogens is 371 g/mol. The first-order chi connectivity index (χ1) is 14.2. The number of aliphatic hydroxyl groups is 1. The minimum absolute atomic E-state index is 0.253. The van der Waals surface area contributed by atoms with Crippen molar-refractivity contribution < 1.29 is 14.2 Å². The molecule has 7 heteroatoms. The molecule has 0 amide bonds. The molecule has 2 atom stereocenters. The van der Waals surface area contributed by atoms with Crippen LogP contribution in [0.5, 0.6) is 0 Å². The number of hydrogen-bond donors (Lipinski definition) is 1. The van der Waals surface area contributed by atoms with Gasteiger partial charge in [-0.2, -0.15) is 5.10 Å². The Morgan fingerprint density at radius 2 is 2.07 bits per heavy atom. The van der Waals surface area contributed by atoms with Gasteiger partial charge in [0.05, 0.1) is 25.1 Å². The van der Waals surface area contributed by atoms with Crippen LogP contribution >= 0.6 is 0 Å². The van der Waals surface area contributed by atoms with Crippen molar-refractivity contribution in [2.24, 2.45) is 5.92 Å². The fraction of sp³-hybridized carbons (Fsp3) is 0.591. The van der Waals surface area contributed by atoms with E-state index in [-0.39, 0.29) is 12.4 Å². The molecule has 0 aliphatic carbocycles. The average molecular weight is 403 g/mol. The van der Waals surface area contributed by atoms with E-state index in [9.17, 15) is 9.50 Å². The summed E-state index contributed by atoms with van der Waals surface area (Å²) in [6.45, 7) is 6.88. The summed E-state index contributed by atoms with van der Waals surface area (Å²) in [5.41, 5.74) is 1.88. The minimum Gasteiger partial charge on any atom is -0.396 e. The molecule has 2 fully saturated rings. The summed E-state index contributed by atoms with van der Waals surface area (Å²) >= 11 is 0. The highest BCUT2D eigenvalue weighted by Gasteiger charge is 2.33. The Kier molecular flexibility index (Phi) is 6.92. The van der Waals surface area contributed by atoms with Crippen molar-refractivity contribution in [3.05, 3.63) is 48.0 Å². The van der Waals surface area contributed by atoms with E-state index < -0.39 is 0 Å². The van der Waals surface area contributed by atoms with Crippen molar-refractivity contribution in [3.63, 3.8) is 0 Å². The molecule has 2 aliphatic heterocycles. The molecule has 1 aromatic heterocycles. The lowest BCUT2D eigenvalue weighted by atomic mass is 9.86. The topological polar surface area (TPSA) is 53.8 Å². The highest BCUT2D eigenvalue weighted by Crippen LogP contribution is 2.28. The van der Waals surface area contributed by atoms with Crippen molar-refractivity contribution in [2.75, 3.05) is 46.0 Å². The Labute approximate surface area is 171 Å². The van der Waals surface area contributed by atoms with E-state index in [2.05, 4.69) is 14.9 Å². The highest BCUT2D eigenvalue weighted by molar-refractivity contribution is 5.31. The zero-order valence-corrected chi connectivity index (χ0v) is 16.9. The van der Waals surface area contributed by atoms with Gasteiger partial charge in [0.25, 0.3) is 0 Å². The van der Waals surface area contributed by atoms with Gasteiger partial charge in [0.15, 0.2) is 0 Å². The van der Waals surface area contributed by atoms with Gasteiger partial charge in [0, 0.05) is 50.6 Å². The van der Waals surface area contributed by atoms with E-state index >= 15 is 0 Å². The zero-order chi connectivity index (χ0) is 20.1. The van der Waals surface area contributed by atoms with E-state index in [0.29, 0.717) is 12.0 Å². The molecule has 6 nitrogen and oxygen atoms in total. The van der Waals surface area contributed by atoms with Crippen molar-refractivity contribution in [1.29, 1.82) is 0 Å².